The molecule has 0 saturated carbocycles. The van der Waals surface area contributed by atoms with Gasteiger partial charge in [-0.1, -0.05) is 42.5 Å². The molecule has 1 amide bonds. The fourth-order valence-electron chi connectivity index (χ4n) is 2.67. The largest absolute Gasteiger partial charge is 0.482 e. The van der Waals surface area contributed by atoms with Crippen molar-refractivity contribution >= 4 is 18.1 Å². The van der Waals surface area contributed by atoms with Gasteiger partial charge in [-0.3, -0.25) is 4.79 Å². The van der Waals surface area contributed by atoms with Crippen molar-refractivity contribution in [2.45, 2.75) is 13.0 Å². The van der Waals surface area contributed by atoms with Crippen LogP contribution in [0.25, 0.3) is 11.1 Å². The number of carboxylic acid groups (broad SMARTS) is 1. The summed E-state index contributed by atoms with van der Waals surface area (Å²) in [6, 6.07) is 24.1. The van der Waals surface area contributed by atoms with E-state index >= 15 is 0 Å². The lowest BCUT2D eigenvalue weighted by molar-refractivity contribution is -0.139. The van der Waals surface area contributed by atoms with Gasteiger partial charge >= 0.3 is 5.97 Å². The fourth-order valence-corrected chi connectivity index (χ4v) is 2.67. The van der Waals surface area contributed by atoms with Gasteiger partial charge in [0, 0.05) is 0 Å². The molecule has 0 aliphatic rings. The van der Waals surface area contributed by atoms with Crippen LogP contribution in [0, 0.1) is 0 Å². The lowest BCUT2D eigenvalue weighted by atomic mass is 10.1. The summed E-state index contributed by atoms with van der Waals surface area (Å²) >= 11 is 0. The third kappa shape index (κ3) is 6.71. The van der Waals surface area contributed by atoms with Gasteiger partial charge in [-0.15, -0.1) is 0 Å². The SMILES string of the molecule is CC(Oc1ccc(-c2ccccc2)cc1)C(=O)N/N=C/c1ccc(OCC(=O)O)cc1. The highest BCUT2D eigenvalue weighted by Gasteiger charge is 2.14. The average molecular weight is 418 g/mol. The Morgan fingerprint density at radius 2 is 1.55 bits per heavy atom. The van der Waals surface area contributed by atoms with Gasteiger partial charge in [0.1, 0.15) is 11.5 Å². The van der Waals surface area contributed by atoms with Gasteiger partial charge < -0.3 is 14.6 Å². The Morgan fingerprint density at radius 1 is 0.935 bits per heavy atom. The maximum absolute atomic E-state index is 12.2. The summed E-state index contributed by atoms with van der Waals surface area (Å²) < 4.78 is 10.7. The highest BCUT2D eigenvalue weighted by atomic mass is 16.5. The Hall–Kier alpha value is -4.13. The van der Waals surface area contributed by atoms with E-state index < -0.39 is 18.7 Å². The van der Waals surface area contributed by atoms with E-state index in [1.54, 1.807) is 31.2 Å². The number of benzene rings is 3. The minimum atomic E-state index is -1.04. The maximum Gasteiger partial charge on any atom is 0.341 e. The molecular weight excluding hydrogens is 396 g/mol. The van der Waals surface area contributed by atoms with Crippen LogP contribution in [0.15, 0.2) is 84.0 Å². The number of nitrogens with one attached hydrogen (secondary N) is 1. The minimum absolute atomic E-state index is 0.384. The number of ether oxygens (including phenoxy) is 2. The molecular formula is C24H22N2O5. The number of carboxylic acids is 1. The Kier molecular flexibility index (Phi) is 7.37. The predicted octanol–water partition coefficient (Wildman–Crippen LogP) is 3.73. The molecule has 2 N–H and O–H groups in total. The maximum atomic E-state index is 12.2. The molecule has 3 aromatic carbocycles. The zero-order valence-electron chi connectivity index (χ0n) is 16.9. The predicted molar refractivity (Wildman–Crippen MR) is 117 cm³/mol. The van der Waals surface area contributed by atoms with E-state index in [1.165, 1.54) is 6.21 Å². The molecule has 0 aliphatic heterocycles. The highest BCUT2D eigenvalue weighted by molar-refractivity contribution is 5.84. The summed E-state index contributed by atoms with van der Waals surface area (Å²) in [5.41, 5.74) is 5.33. The van der Waals surface area contributed by atoms with Crippen LogP contribution in [-0.2, 0) is 9.59 Å². The van der Waals surface area contributed by atoms with Gasteiger partial charge in [0.15, 0.2) is 12.7 Å². The van der Waals surface area contributed by atoms with Crippen LogP contribution >= 0.6 is 0 Å². The number of carbonyl (C=O) groups excluding carboxylic acids is 1. The van der Waals surface area contributed by atoms with E-state index in [0.29, 0.717) is 17.1 Å². The van der Waals surface area contributed by atoms with Crippen molar-refractivity contribution in [3.63, 3.8) is 0 Å². The zero-order valence-corrected chi connectivity index (χ0v) is 16.9. The zero-order chi connectivity index (χ0) is 22.1. The van der Waals surface area contributed by atoms with Gasteiger partial charge in [0.25, 0.3) is 5.91 Å². The first kappa shape index (κ1) is 21.6. The molecule has 1 atom stereocenters. The van der Waals surface area contributed by atoms with Crippen molar-refractivity contribution < 1.29 is 24.2 Å². The Bertz CT molecular complexity index is 1030. The molecule has 0 bridgehead atoms. The number of amides is 1. The van der Waals surface area contributed by atoms with Crippen LogP contribution in [0.4, 0.5) is 0 Å². The molecule has 158 valence electrons. The van der Waals surface area contributed by atoms with Crippen molar-refractivity contribution in [1.29, 1.82) is 0 Å². The lowest BCUT2D eigenvalue weighted by Gasteiger charge is -2.13. The van der Waals surface area contributed by atoms with Crippen LogP contribution < -0.4 is 14.9 Å². The van der Waals surface area contributed by atoms with Gasteiger partial charge in [-0.05, 0) is 60.0 Å². The summed E-state index contributed by atoms with van der Waals surface area (Å²) in [4.78, 5) is 22.7. The minimum Gasteiger partial charge on any atom is -0.482 e. The summed E-state index contributed by atoms with van der Waals surface area (Å²) in [6.07, 6.45) is 0.742. The molecule has 0 radical (unpaired) electrons. The first-order valence-electron chi connectivity index (χ1n) is 9.61. The molecule has 1 unspecified atom stereocenters. The first-order valence-corrected chi connectivity index (χ1v) is 9.61. The standard InChI is InChI=1S/C24H22N2O5/c1-17(31-22-13-9-20(10-14-22)19-5-3-2-4-6-19)24(29)26-25-15-18-7-11-21(12-8-18)30-16-23(27)28/h2-15,17H,16H2,1H3,(H,26,29)(H,27,28)/b25-15+. The van der Waals surface area contributed by atoms with Crippen LogP contribution in [0.1, 0.15) is 12.5 Å². The normalized spacial score (nSPS) is 11.6. The second-order valence-electron chi connectivity index (χ2n) is 6.64. The molecule has 3 rings (SSSR count). The summed E-state index contributed by atoms with van der Waals surface area (Å²) in [5.74, 6) is -0.409. The Labute approximate surface area is 179 Å². The number of hydrogen-bond acceptors (Lipinski definition) is 5. The molecule has 0 fully saturated rings. The number of aliphatic carboxylic acids is 1. The molecule has 0 aliphatic carbocycles. The fraction of sp³-hybridized carbons (Fsp3) is 0.125. The van der Waals surface area contributed by atoms with Gasteiger partial charge in [-0.25, -0.2) is 10.2 Å². The molecule has 7 nitrogen and oxygen atoms in total. The van der Waals surface area contributed by atoms with E-state index in [9.17, 15) is 9.59 Å². The molecule has 31 heavy (non-hydrogen) atoms. The van der Waals surface area contributed by atoms with Gasteiger partial charge in [-0.2, -0.15) is 5.10 Å². The van der Waals surface area contributed by atoms with Crippen molar-refractivity contribution in [1.82, 2.24) is 5.43 Å². The van der Waals surface area contributed by atoms with Crippen molar-refractivity contribution in [2.75, 3.05) is 6.61 Å². The summed E-state index contributed by atoms with van der Waals surface area (Å²) in [7, 11) is 0. The topological polar surface area (TPSA) is 97.2 Å². The summed E-state index contributed by atoms with van der Waals surface area (Å²) in [5, 5.41) is 12.5. The Balaban J connectivity index is 1.48. The molecule has 0 saturated heterocycles. The van der Waals surface area contributed by atoms with E-state index in [1.807, 2.05) is 54.6 Å². The van der Waals surface area contributed by atoms with E-state index in [0.717, 1.165) is 11.1 Å². The van der Waals surface area contributed by atoms with E-state index in [2.05, 4.69) is 10.5 Å². The second-order valence-corrected chi connectivity index (χ2v) is 6.64. The van der Waals surface area contributed by atoms with Crippen LogP contribution in [0.3, 0.4) is 0 Å². The highest BCUT2D eigenvalue weighted by Crippen LogP contribution is 2.22. The monoisotopic (exact) mass is 418 g/mol. The van der Waals surface area contributed by atoms with E-state index in [4.69, 9.17) is 14.6 Å². The third-order valence-electron chi connectivity index (χ3n) is 4.27. The number of hydrogen-bond donors (Lipinski definition) is 2. The molecule has 0 heterocycles. The van der Waals surface area contributed by atoms with E-state index in [-0.39, 0.29) is 5.91 Å². The Morgan fingerprint density at radius 3 is 2.19 bits per heavy atom. The van der Waals surface area contributed by atoms with Crippen LogP contribution in [-0.4, -0.2) is 35.9 Å². The number of carbonyl (C=O) groups is 2. The average Bonchev–Trinajstić information content (AvgIpc) is 2.79. The van der Waals surface area contributed by atoms with Crippen LogP contribution in [0.5, 0.6) is 11.5 Å². The number of nitrogens with zero attached hydrogens (tertiary/aromatic N) is 1. The quantitative estimate of drug-likeness (QED) is 0.408. The smallest absolute Gasteiger partial charge is 0.341 e. The summed E-state index contributed by atoms with van der Waals surface area (Å²) in [6.45, 7) is 1.24. The lowest BCUT2D eigenvalue weighted by Crippen LogP contribution is -2.33. The van der Waals surface area contributed by atoms with Crippen molar-refractivity contribution in [2.24, 2.45) is 5.10 Å². The van der Waals surface area contributed by atoms with Crippen LogP contribution in [0.2, 0.25) is 0 Å². The number of hydrazone groups is 1. The third-order valence-corrected chi connectivity index (χ3v) is 4.27. The van der Waals surface area contributed by atoms with Gasteiger partial charge in [0.2, 0.25) is 0 Å². The molecule has 0 aromatic heterocycles. The van der Waals surface area contributed by atoms with Crippen molar-refractivity contribution in [3.8, 4) is 22.6 Å². The number of rotatable bonds is 9. The van der Waals surface area contributed by atoms with Gasteiger partial charge in [0.05, 0.1) is 6.21 Å². The molecule has 3 aromatic rings. The molecule has 0 spiro atoms. The van der Waals surface area contributed by atoms with Crippen molar-refractivity contribution in [3.05, 3.63) is 84.4 Å². The first-order chi connectivity index (χ1) is 15.0. The second kappa shape index (κ2) is 10.6. The molecule has 7 heteroatoms.